The van der Waals surface area contributed by atoms with E-state index >= 15 is 0 Å². The van der Waals surface area contributed by atoms with Crippen molar-refractivity contribution in [3.63, 3.8) is 0 Å². The molecule has 0 aliphatic carbocycles. The predicted octanol–water partition coefficient (Wildman–Crippen LogP) is 5.06. The van der Waals surface area contributed by atoms with Gasteiger partial charge in [0.15, 0.2) is 0 Å². The first-order chi connectivity index (χ1) is 15.4. The summed E-state index contributed by atoms with van der Waals surface area (Å²) >= 11 is 0. The number of hydrogen-bond acceptors (Lipinski definition) is 4. The Balaban J connectivity index is 1.92. The van der Waals surface area contributed by atoms with Gasteiger partial charge in [-0.15, -0.1) is 0 Å². The molecule has 1 saturated heterocycles. The van der Waals surface area contributed by atoms with Crippen molar-refractivity contribution in [2.24, 2.45) is 0 Å². The Labute approximate surface area is 186 Å². The van der Waals surface area contributed by atoms with Gasteiger partial charge in [0, 0.05) is 11.3 Å². The minimum absolute atomic E-state index is 0.0502. The second-order valence-electron chi connectivity index (χ2n) is 7.79. The third-order valence-corrected chi connectivity index (χ3v) is 5.71. The van der Waals surface area contributed by atoms with Gasteiger partial charge in [-0.3, -0.25) is 14.5 Å². The van der Waals surface area contributed by atoms with Crippen LogP contribution in [0.2, 0.25) is 0 Å². The summed E-state index contributed by atoms with van der Waals surface area (Å²) in [4.78, 5) is 27.7. The molecule has 3 aromatic carbocycles. The van der Waals surface area contributed by atoms with Crippen LogP contribution in [0.25, 0.3) is 5.76 Å². The minimum Gasteiger partial charge on any atom is -0.507 e. The van der Waals surface area contributed by atoms with E-state index in [0.717, 1.165) is 23.1 Å². The van der Waals surface area contributed by atoms with E-state index in [-0.39, 0.29) is 11.3 Å². The first-order valence-corrected chi connectivity index (χ1v) is 10.4. The van der Waals surface area contributed by atoms with Gasteiger partial charge in [0.05, 0.1) is 23.2 Å². The first-order valence-electron chi connectivity index (χ1n) is 10.4. The Morgan fingerprint density at radius 3 is 2.31 bits per heavy atom. The second kappa shape index (κ2) is 8.52. The molecule has 0 bridgehead atoms. The number of anilines is 1. The zero-order chi connectivity index (χ0) is 22.8. The van der Waals surface area contributed by atoms with Gasteiger partial charge in [-0.2, -0.15) is 5.26 Å². The van der Waals surface area contributed by atoms with E-state index in [0.29, 0.717) is 16.8 Å². The highest BCUT2D eigenvalue weighted by atomic mass is 16.3. The SMILES string of the molecule is CCc1ccc(/C(O)=C2/C(=O)C(=O)N(c3ccc(C#N)cc3)C2c2cccc(C)c2)cc1. The normalized spacial score (nSPS) is 17.4. The summed E-state index contributed by atoms with van der Waals surface area (Å²) < 4.78 is 0. The number of amides is 1. The molecule has 1 amide bonds. The van der Waals surface area contributed by atoms with Crippen LogP contribution in [0.1, 0.15) is 40.8 Å². The fourth-order valence-electron chi connectivity index (χ4n) is 4.00. The number of nitriles is 1. The highest BCUT2D eigenvalue weighted by Gasteiger charge is 2.46. The standard InChI is InChI=1S/C27H22N2O3/c1-3-18-7-11-20(12-8-18)25(30)23-24(21-6-4-5-17(2)15-21)29(27(32)26(23)31)22-13-9-19(16-28)10-14-22/h4-15,24,30H,3H2,1-2H3/b25-23-. The Hall–Kier alpha value is -4.17. The van der Waals surface area contributed by atoms with Gasteiger partial charge in [-0.1, -0.05) is 61.0 Å². The molecule has 158 valence electrons. The number of aliphatic hydroxyl groups is 1. The monoisotopic (exact) mass is 422 g/mol. The molecule has 32 heavy (non-hydrogen) atoms. The Kier molecular flexibility index (Phi) is 5.61. The molecule has 1 unspecified atom stereocenters. The zero-order valence-corrected chi connectivity index (χ0v) is 17.9. The fraction of sp³-hybridized carbons (Fsp3) is 0.148. The van der Waals surface area contributed by atoms with Crippen molar-refractivity contribution in [1.29, 1.82) is 5.26 Å². The number of hydrogen-bond donors (Lipinski definition) is 1. The molecule has 4 rings (SSSR count). The topological polar surface area (TPSA) is 81.4 Å². The molecule has 1 atom stereocenters. The summed E-state index contributed by atoms with van der Waals surface area (Å²) in [6.45, 7) is 3.97. The third kappa shape index (κ3) is 3.67. The average Bonchev–Trinajstić information content (AvgIpc) is 3.09. The Morgan fingerprint density at radius 2 is 1.72 bits per heavy atom. The van der Waals surface area contributed by atoms with Crippen LogP contribution >= 0.6 is 0 Å². The molecule has 0 aromatic heterocycles. The van der Waals surface area contributed by atoms with Gasteiger partial charge in [-0.05, 0) is 48.7 Å². The Bertz CT molecular complexity index is 1270. The van der Waals surface area contributed by atoms with E-state index in [2.05, 4.69) is 6.07 Å². The van der Waals surface area contributed by atoms with Crippen molar-refractivity contribution in [2.45, 2.75) is 26.3 Å². The van der Waals surface area contributed by atoms with Gasteiger partial charge in [0.25, 0.3) is 11.7 Å². The van der Waals surface area contributed by atoms with E-state index in [9.17, 15) is 14.7 Å². The van der Waals surface area contributed by atoms with Crippen LogP contribution in [0.15, 0.2) is 78.4 Å². The molecule has 1 N–H and O–H groups in total. The summed E-state index contributed by atoms with van der Waals surface area (Å²) in [6.07, 6.45) is 0.855. The van der Waals surface area contributed by atoms with Crippen molar-refractivity contribution in [2.75, 3.05) is 4.90 Å². The summed E-state index contributed by atoms with van der Waals surface area (Å²) in [5, 5.41) is 20.3. The van der Waals surface area contributed by atoms with Crippen LogP contribution in [-0.4, -0.2) is 16.8 Å². The summed E-state index contributed by atoms with van der Waals surface area (Å²) in [5.41, 5.74) is 4.27. The average molecular weight is 422 g/mol. The molecule has 5 nitrogen and oxygen atoms in total. The number of aliphatic hydroxyl groups excluding tert-OH is 1. The van der Waals surface area contributed by atoms with Gasteiger partial charge < -0.3 is 5.11 Å². The molecule has 1 aliphatic heterocycles. The van der Waals surface area contributed by atoms with E-state index in [1.54, 1.807) is 36.4 Å². The number of Topliss-reactive ketones (excluding diaryl/α,β-unsaturated/α-hetero) is 1. The van der Waals surface area contributed by atoms with Gasteiger partial charge >= 0.3 is 0 Å². The number of carbonyl (C=O) groups excluding carboxylic acids is 2. The third-order valence-electron chi connectivity index (χ3n) is 5.71. The zero-order valence-electron chi connectivity index (χ0n) is 17.9. The largest absolute Gasteiger partial charge is 0.507 e. The number of rotatable bonds is 4. The maximum atomic E-state index is 13.2. The fourth-order valence-corrected chi connectivity index (χ4v) is 4.00. The highest BCUT2D eigenvalue weighted by Crippen LogP contribution is 2.42. The van der Waals surface area contributed by atoms with E-state index in [4.69, 9.17) is 5.26 Å². The number of ketones is 1. The lowest BCUT2D eigenvalue weighted by atomic mass is 9.94. The van der Waals surface area contributed by atoms with Crippen LogP contribution in [0.5, 0.6) is 0 Å². The van der Waals surface area contributed by atoms with Gasteiger partial charge in [0.1, 0.15) is 5.76 Å². The highest BCUT2D eigenvalue weighted by molar-refractivity contribution is 6.51. The predicted molar refractivity (Wildman–Crippen MR) is 123 cm³/mol. The lowest BCUT2D eigenvalue weighted by molar-refractivity contribution is -0.132. The van der Waals surface area contributed by atoms with Gasteiger partial charge in [0.2, 0.25) is 0 Å². The number of aryl methyl sites for hydroxylation is 2. The molecule has 0 spiro atoms. The quantitative estimate of drug-likeness (QED) is 0.362. The number of carbonyl (C=O) groups is 2. The maximum Gasteiger partial charge on any atom is 0.300 e. The molecular weight excluding hydrogens is 400 g/mol. The number of benzene rings is 3. The maximum absolute atomic E-state index is 13.2. The van der Waals surface area contributed by atoms with E-state index < -0.39 is 17.7 Å². The molecule has 3 aromatic rings. The summed E-state index contributed by atoms with van der Waals surface area (Å²) in [7, 11) is 0. The van der Waals surface area contributed by atoms with E-state index in [1.165, 1.54) is 4.90 Å². The molecule has 1 fully saturated rings. The molecule has 0 radical (unpaired) electrons. The van der Waals surface area contributed by atoms with Crippen molar-refractivity contribution in [3.8, 4) is 6.07 Å². The Morgan fingerprint density at radius 1 is 1.03 bits per heavy atom. The molecule has 1 aliphatic rings. The first kappa shape index (κ1) is 21.1. The van der Waals surface area contributed by atoms with Crippen LogP contribution in [0, 0.1) is 18.3 Å². The lowest BCUT2D eigenvalue weighted by Gasteiger charge is -2.25. The van der Waals surface area contributed by atoms with Crippen molar-refractivity contribution >= 4 is 23.1 Å². The molecular formula is C27H22N2O3. The lowest BCUT2D eigenvalue weighted by Crippen LogP contribution is -2.29. The van der Waals surface area contributed by atoms with Crippen molar-refractivity contribution in [1.82, 2.24) is 0 Å². The minimum atomic E-state index is -0.784. The molecule has 5 heteroatoms. The summed E-state index contributed by atoms with van der Waals surface area (Å²) in [5.74, 6) is -1.65. The van der Waals surface area contributed by atoms with Crippen LogP contribution in [0.3, 0.4) is 0 Å². The van der Waals surface area contributed by atoms with E-state index in [1.807, 2.05) is 50.2 Å². The number of nitrogens with zero attached hydrogens (tertiary/aromatic N) is 2. The van der Waals surface area contributed by atoms with Crippen LogP contribution in [-0.2, 0) is 16.0 Å². The smallest absolute Gasteiger partial charge is 0.300 e. The summed E-state index contributed by atoms with van der Waals surface area (Å²) in [6, 6.07) is 22.6. The van der Waals surface area contributed by atoms with Gasteiger partial charge in [-0.25, -0.2) is 0 Å². The van der Waals surface area contributed by atoms with Crippen LogP contribution in [0.4, 0.5) is 5.69 Å². The molecule has 1 heterocycles. The van der Waals surface area contributed by atoms with Crippen molar-refractivity contribution < 1.29 is 14.7 Å². The van der Waals surface area contributed by atoms with Crippen molar-refractivity contribution in [3.05, 3.63) is 106 Å². The second-order valence-corrected chi connectivity index (χ2v) is 7.79. The van der Waals surface area contributed by atoms with Crippen LogP contribution < -0.4 is 4.90 Å². The molecule has 0 saturated carbocycles.